The van der Waals surface area contributed by atoms with Crippen molar-refractivity contribution in [3.8, 4) is 0 Å². The Morgan fingerprint density at radius 3 is 1.79 bits per heavy atom. The number of alkyl halides is 3. The third-order valence-corrected chi connectivity index (χ3v) is 21.5. The number of pyridine rings is 1. The van der Waals surface area contributed by atoms with Crippen LogP contribution in [-0.4, -0.2) is 256 Å². The Morgan fingerprint density at radius 2 is 1.24 bits per heavy atom. The van der Waals surface area contributed by atoms with E-state index in [2.05, 4.69) is 20.9 Å². The van der Waals surface area contributed by atoms with Crippen molar-refractivity contribution in [2.45, 2.75) is 205 Å². The van der Waals surface area contributed by atoms with Crippen LogP contribution < -0.4 is 16.0 Å². The summed E-state index contributed by atoms with van der Waals surface area (Å²) >= 11 is 6.19. The number of halogens is 4. The molecule has 6 rings (SSSR count). The Morgan fingerprint density at radius 1 is 0.663 bits per heavy atom. The third-order valence-electron chi connectivity index (χ3n) is 21.2. The summed E-state index contributed by atoms with van der Waals surface area (Å²) in [5, 5.41) is 8.04. The standard InChI is InChI=1S/C75H107ClF3N13O12/c1-18-46(6)62-71(102)86(12)48(8)66(97)92-37-32-55(92)70(101)89(15)58(41-50-24-22-45(5)23-25-50)69(100)85(11)43-60(93)81-54(29-27-49-26-28-52(53(76)39-49)75(77,78)79)67(98)88(14)57(40-51-30-35-80-36-31-51)65(96)83-74(33-20-21-34-74)73(104)91(17)63(47(7)19-2)72(103)90(16)59(68(99)84(9)10)42-61(94)87(13)56(38-44(3)4)64(95)82-62/h22-26,28,30-31,35-36,39,44,46-48,54-59,62-63H,18-21,27,29,32-34,37-38,40-43H2,1-17H3,(H,81,93)(H,82,95)(H,83,96)/t46-,47-,48-,54-,55?,56-,57-,58-,59-,62-,63-/m0/s1. The van der Waals surface area contributed by atoms with Gasteiger partial charge in [0, 0.05) is 95.2 Å². The molecule has 1 aromatic heterocycles. The van der Waals surface area contributed by atoms with E-state index in [0.717, 1.165) is 32.4 Å². The van der Waals surface area contributed by atoms with Gasteiger partial charge in [-0.1, -0.05) is 115 Å². The smallest absolute Gasteiger partial charge is 0.347 e. The van der Waals surface area contributed by atoms with Gasteiger partial charge in [-0.05, 0) is 111 Å². The number of rotatable bonds is 14. The molecule has 2 aliphatic heterocycles. The zero-order valence-electron chi connectivity index (χ0n) is 63.3. The van der Waals surface area contributed by atoms with Crippen molar-refractivity contribution in [3.05, 3.63) is 99.8 Å². The van der Waals surface area contributed by atoms with Crippen LogP contribution in [-0.2, 0) is 83.0 Å². The van der Waals surface area contributed by atoms with E-state index in [0.29, 0.717) is 36.8 Å². The maximum absolute atomic E-state index is 15.7. The molecule has 3 aliphatic rings. The highest BCUT2D eigenvalue weighted by Crippen LogP contribution is 2.37. The molecule has 3 aromatic rings. The first-order valence-corrected chi connectivity index (χ1v) is 36.2. The molecule has 104 heavy (non-hydrogen) atoms. The van der Waals surface area contributed by atoms with E-state index in [1.165, 1.54) is 118 Å². The summed E-state index contributed by atoms with van der Waals surface area (Å²) in [4.78, 5) is 195. The first kappa shape index (κ1) is 84.2. The summed E-state index contributed by atoms with van der Waals surface area (Å²) in [5.41, 5.74) is -0.495. The number of carbonyl (C=O) groups excluding carboxylic acids is 12. The number of benzene rings is 2. The lowest BCUT2D eigenvalue weighted by atomic mass is 9.90. The van der Waals surface area contributed by atoms with Gasteiger partial charge in [0.25, 0.3) is 0 Å². The van der Waals surface area contributed by atoms with Gasteiger partial charge >= 0.3 is 6.18 Å². The fourth-order valence-electron chi connectivity index (χ4n) is 13.8. The number of amides is 12. The summed E-state index contributed by atoms with van der Waals surface area (Å²) in [5.74, 6) is -9.99. The van der Waals surface area contributed by atoms with E-state index < -0.39 is 172 Å². The van der Waals surface area contributed by atoms with Gasteiger partial charge in [0.05, 0.1) is 23.6 Å². The molecule has 11 atom stereocenters. The van der Waals surface area contributed by atoms with E-state index in [1.54, 1.807) is 38.1 Å². The molecule has 12 amide bonds. The lowest BCUT2D eigenvalue weighted by molar-refractivity contribution is -0.160. The highest BCUT2D eigenvalue weighted by molar-refractivity contribution is 6.31. The van der Waals surface area contributed by atoms with Crippen molar-refractivity contribution in [1.82, 2.24) is 65.0 Å². The van der Waals surface area contributed by atoms with Crippen molar-refractivity contribution >= 4 is 82.5 Å². The monoisotopic (exact) mass is 1470 g/mol. The van der Waals surface area contributed by atoms with E-state index in [4.69, 9.17) is 11.6 Å². The molecule has 25 nitrogen and oxygen atoms in total. The fraction of sp³-hybridized carbons (Fsp3) is 0.613. The summed E-state index contributed by atoms with van der Waals surface area (Å²) in [6, 6.07) is 1.60. The summed E-state index contributed by atoms with van der Waals surface area (Å²) in [6.45, 7) is 13.6. The second kappa shape index (κ2) is 36.3. The molecular formula is C75H107ClF3N13O12. The van der Waals surface area contributed by atoms with E-state index in [9.17, 15) is 46.7 Å². The average molecular weight is 1480 g/mol. The number of hydrogen-bond donors (Lipinski definition) is 3. The Bertz CT molecular complexity index is 3600. The summed E-state index contributed by atoms with van der Waals surface area (Å²) in [7, 11) is 12.5. The number of fused-ring (bicyclic) bond motifs is 1. The van der Waals surface area contributed by atoms with Crippen LogP contribution in [0.25, 0.3) is 0 Å². The highest BCUT2D eigenvalue weighted by Gasteiger charge is 2.51. The minimum absolute atomic E-state index is 0.0669. The van der Waals surface area contributed by atoms with Gasteiger partial charge in [-0.15, -0.1) is 0 Å². The molecule has 1 aliphatic carbocycles. The minimum atomic E-state index is -4.80. The van der Waals surface area contributed by atoms with Crippen LogP contribution in [0.3, 0.4) is 0 Å². The predicted molar refractivity (Wildman–Crippen MR) is 385 cm³/mol. The van der Waals surface area contributed by atoms with Crippen molar-refractivity contribution in [2.24, 2.45) is 17.8 Å². The molecule has 3 fully saturated rings. The summed E-state index contributed by atoms with van der Waals surface area (Å²) < 4.78 is 41.9. The molecule has 2 saturated heterocycles. The van der Waals surface area contributed by atoms with Crippen LogP contribution in [0.1, 0.15) is 140 Å². The van der Waals surface area contributed by atoms with Crippen molar-refractivity contribution in [2.75, 3.05) is 76.5 Å². The molecule has 1 spiro atoms. The fourth-order valence-corrected chi connectivity index (χ4v) is 14.1. The first-order chi connectivity index (χ1) is 48.7. The van der Waals surface area contributed by atoms with Gasteiger partial charge in [-0.3, -0.25) is 62.5 Å². The quantitative estimate of drug-likeness (QED) is 0.179. The van der Waals surface area contributed by atoms with Crippen LogP contribution in [0.5, 0.6) is 0 Å². The lowest BCUT2D eigenvalue weighted by Crippen LogP contribution is -2.65. The van der Waals surface area contributed by atoms with Crippen LogP contribution in [0, 0.1) is 24.7 Å². The molecule has 2 aromatic carbocycles. The number of likely N-dealkylation sites (N-methyl/N-ethyl adjacent to an activating group) is 8. The molecular weight excluding hydrogens is 1370 g/mol. The number of nitrogens with zero attached hydrogens (tertiary/aromatic N) is 10. The van der Waals surface area contributed by atoms with E-state index >= 15 is 24.0 Å². The predicted octanol–water partition coefficient (Wildman–Crippen LogP) is 5.55. The van der Waals surface area contributed by atoms with Crippen LogP contribution in [0.4, 0.5) is 13.2 Å². The number of aromatic nitrogens is 1. The average Bonchev–Trinajstić information content (AvgIpc) is 1.14. The van der Waals surface area contributed by atoms with Gasteiger partial charge in [-0.2, -0.15) is 13.2 Å². The van der Waals surface area contributed by atoms with Gasteiger partial charge in [0.15, 0.2) is 0 Å². The van der Waals surface area contributed by atoms with Crippen LogP contribution >= 0.6 is 11.6 Å². The zero-order chi connectivity index (χ0) is 77.7. The molecule has 572 valence electrons. The maximum atomic E-state index is 15.7. The summed E-state index contributed by atoms with van der Waals surface area (Å²) in [6.07, 6.45) is -1.13. The second-order valence-corrected chi connectivity index (χ2v) is 29.7. The first-order valence-electron chi connectivity index (χ1n) is 35.8. The maximum Gasteiger partial charge on any atom is 0.417 e. The largest absolute Gasteiger partial charge is 0.417 e. The molecule has 0 radical (unpaired) electrons. The molecule has 3 heterocycles. The molecule has 3 N–H and O–H groups in total. The number of nitrogens with one attached hydrogen (secondary N) is 3. The number of hydrogen-bond acceptors (Lipinski definition) is 13. The van der Waals surface area contributed by atoms with Gasteiger partial charge in [-0.25, -0.2) is 0 Å². The van der Waals surface area contributed by atoms with E-state index in [-0.39, 0.29) is 69.4 Å². The Balaban J connectivity index is 1.50. The Kier molecular flexibility index (Phi) is 29.4. The topological polar surface area (TPSA) is 283 Å². The molecule has 29 heteroatoms. The van der Waals surface area contributed by atoms with Crippen LogP contribution in [0.2, 0.25) is 5.02 Å². The number of carbonyl (C=O) groups is 12. The van der Waals surface area contributed by atoms with Crippen molar-refractivity contribution in [3.63, 3.8) is 0 Å². The SMILES string of the molecule is CC[C@H](C)[C@@H]1NC(=O)[C@H](CC(C)C)N(C)C(=O)C[C@@H](C(=O)N(C)C)N(C)C(=O)[C@H]([C@@H](C)CC)N(C)C(=O)C2(CCCC2)NC(=O)[C@H](Cc2ccncc2)N(C)C(=O)[C@H](CCc2ccc(C(F)(F)F)c(Cl)c2)NC(=O)CN(C)C(=O)[C@H](Cc2ccc(C)cc2)N(C)C(=O)C2CCN2C(=O)[C@H](C)N(C)C1=O. The third kappa shape index (κ3) is 20.2. The van der Waals surface area contributed by atoms with Gasteiger partial charge in [0.1, 0.15) is 59.9 Å². The molecule has 0 bridgehead atoms. The van der Waals surface area contributed by atoms with Gasteiger partial charge in [0.2, 0.25) is 70.9 Å². The Hall–Kier alpha value is -8.69. The highest BCUT2D eigenvalue weighted by atomic mass is 35.5. The second-order valence-electron chi connectivity index (χ2n) is 29.3. The number of aryl methyl sites for hydroxylation is 2. The van der Waals surface area contributed by atoms with Gasteiger partial charge < -0.3 is 60.0 Å². The van der Waals surface area contributed by atoms with Crippen molar-refractivity contribution < 1.29 is 70.7 Å². The molecule has 1 unspecified atom stereocenters. The van der Waals surface area contributed by atoms with Crippen LogP contribution in [0.15, 0.2) is 67.0 Å². The normalized spacial score (nSPS) is 24.9. The lowest BCUT2D eigenvalue weighted by Gasteiger charge is -2.45. The minimum Gasteiger partial charge on any atom is -0.347 e. The van der Waals surface area contributed by atoms with Crippen molar-refractivity contribution in [1.29, 1.82) is 0 Å². The zero-order valence-corrected chi connectivity index (χ0v) is 64.0. The van der Waals surface area contributed by atoms with E-state index in [1.807, 2.05) is 46.8 Å². The Labute approximate surface area is 614 Å². The molecule has 1 saturated carbocycles.